The molecule has 0 saturated heterocycles. The van der Waals surface area contributed by atoms with E-state index in [4.69, 9.17) is 0 Å². The van der Waals surface area contributed by atoms with Gasteiger partial charge < -0.3 is 0 Å². The van der Waals surface area contributed by atoms with Crippen molar-refractivity contribution in [3.05, 3.63) is 23.8 Å². The summed E-state index contributed by atoms with van der Waals surface area (Å²) in [6.07, 6.45) is 7.77. The van der Waals surface area contributed by atoms with Gasteiger partial charge in [-0.25, -0.2) is 0 Å². The van der Waals surface area contributed by atoms with Gasteiger partial charge in [0.25, 0.3) is 0 Å². The molecule has 0 radical (unpaired) electrons. The fourth-order valence-electron chi connectivity index (χ4n) is 0.853. The third-order valence-corrected chi connectivity index (χ3v) is 1.76. The first-order valence-corrected chi connectivity index (χ1v) is 4.14. The summed E-state index contributed by atoms with van der Waals surface area (Å²) in [5.41, 5.74) is 1.51. The van der Waals surface area contributed by atoms with Gasteiger partial charge in [0.15, 0.2) is 0 Å². The van der Waals surface area contributed by atoms with E-state index in [1.54, 1.807) is 0 Å². The Bertz CT molecular complexity index is 129. The van der Waals surface area contributed by atoms with Crippen molar-refractivity contribution < 1.29 is 0 Å². The van der Waals surface area contributed by atoms with Gasteiger partial charge in [-0.3, -0.25) is 0 Å². The van der Waals surface area contributed by atoms with Crippen molar-refractivity contribution in [3.63, 3.8) is 0 Å². The van der Waals surface area contributed by atoms with Crippen LogP contribution in [0.3, 0.4) is 0 Å². The van der Waals surface area contributed by atoms with Crippen molar-refractivity contribution >= 4 is 0 Å². The molecule has 0 fully saturated rings. The van der Waals surface area contributed by atoms with Gasteiger partial charge in [-0.15, -0.1) is 0 Å². The lowest BCUT2D eigenvalue weighted by Gasteiger charge is -2.11. The zero-order valence-electron chi connectivity index (χ0n) is 7.52. The lowest BCUT2D eigenvalue weighted by atomic mass is 9.95. The first-order chi connectivity index (χ1) is 4.80. The van der Waals surface area contributed by atoms with E-state index in [1.807, 2.05) is 13.8 Å². The van der Waals surface area contributed by atoms with Crippen LogP contribution in [0, 0.1) is 5.92 Å². The molecule has 0 aromatic carbocycles. The summed E-state index contributed by atoms with van der Waals surface area (Å²) in [5, 5.41) is 0. The van der Waals surface area contributed by atoms with E-state index in [9.17, 15) is 0 Å². The maximum Gasteiger partial charge on any atom is -0.0197 e. The Labute approximate surface area is 64.6 Å². The first-order valence-electron chi connectivity index (χ1n) is 4.14. The van der Waals surface area contributed by atoms with Crippen LogP contribution in [0.5, 0.6) is 0 Å². The summed E-state index contributed by atoms with van der Waals surface area (Å²) in [4.78, 5) is 0. The van der Waals surface area contributed by atoms with E-state index in [2.05, 4.69) is 32.1 Å². The fourth-order valence-corrected chi connectivity index (χ4v) is 0.853. The minimum absolute atomic E-state index is 0.778. The maximum atomic E-state index is 2.26. The molecule has 0 nitrogen and oxygen atoms in total. The van der Waals surface area contributed by atoms with Gasteiger partial charge in [0, 0.05) is 0 Å². The molecule has 0 N–H and O–H groups in total. The molecule has 0 aromatic rings. The molecule has 0 aromatic heterocycles. The van der Waals surface area contributed by atoms with Crippen molar-refractivity contribution in [1.82, 2.24) is 0 Å². The van der Waals surface area contributed by atoms with Crippen LogP contribution in [0.25, 0.3) is 0 Å². The summed E-state index contributed by atoms with van der Waals surface area (Å²) < 4.78 is 0. The minimum atomic E-state index is 0.778. The summed E-state index contributed by atoms with van der Waals surface area (Å²) >= 11 is 0. The highest BCUT2D eigenvalue weighted by molar-refractivity contribution is 5.17. The van der Waals surface area contributed by atoms with E-state index in [0.717, 1.165) is 5.92 Å². The molecular formula is C10H18. The number of hydrogen-bond donors (Lipinski definition) is 0. The molecule has 0 heteroatoms. The Morgan fingerprint density at radius 2 is 2.00 bits per heavy atom. The highest BCUT2D eigenvalue weighted by Crippen LogP contribution is 2.17. The van der Waals surface area contributed by atoms with Crippen LogP contribution in [0.15, 0.2) is 23.8 Å². The van der Waals surface area contributed by atoms with Crippen molar-refractivity contribution in [2.45, 2.75) is 34.1 Å². The van der Waals surface area contributed by atoms with Gasteiger partial charge in [0.05, 0.1) is 0 Å². The number of allylic oxidation sites excluding steroid dienone is 4. The number of rotatable bonds is 0. The van der Waals surface area contributed by atoms with Gasteiger partial charge >= 0.3 is 0 Å². The summed E-state index contributed by atoms with van der Waals surface area (Å²) in [6.45, 7) is 8.45. The smallest absolute Gasteiger partial charge is 0.0197 e. The average Bonchev–Trinajstić information content (AvgIpc) is 2.00. The van der Waals surface area contributed by atoms with Gasteiger partial charge in [0.1, 0.15) is 0 Å². The molecule has 0 bridgehead atoms. The standard InChI is InChI=1S/C8H12.C2H6/c1-7-5-3-4-6-8(7)2;1-2/h3-5,8H,6H2,1-2H3;1-2H3. The molecular weight excluding hydrogens is 120 g/mol. The average molecular weight is 138 g/mol. The van der Waals surface area contributed by atoms with E-state index in [-0.39, 0.29) is 0 Å². The third kappa shape index (κ3) is 2.86. The van der Waals surface area contributed by atoms with Crippen molar-refractivity contribution in [2.24, 2.45) is 5.92 Å². The van der Waals surface area contributed by atoms with Crippen LogP contribution in [-0.2, 0) is 0 Å². The molecule has 0 amide bonds. The molecule has 1 rings (SSSR count). The number of hydrogen-bond acceptors (Lipinski definition) is 0. The normalized spacial score (nSPS) is 22.8. The Kier molecular flexibility index (Phi) is 5.00. The van der Waals surface area contributed by atoms with Gasteiger partial charge in [-0.1, -0.05) is 44.6 Å². The maximum absolute atomic E-state index is 2.26. The van der Waals surface area contributed by atoms with Crippen molar-refractivity contribution in [1.29, 1.82) is 0 Å². The van der Waals surface area contributed by atoms with Crippen LogP contribution in [-0.4, -0.2) is 0 Å². The summed E-state index contributed by atoms with van der Waals surface area (Å²) in [7, 11) is 0. The lowest BCUT2D eigenvalue weighted by molar-refractivity contribution is 0.687. The highest BCUT2D eigenvalue weighted by atomic mass is 14.1. The SMILES string of the molecule is CC.CC1=CC=CCC1C. The summed E-state index contributed by atoms with van der Waals surface area (Å²) in [5.74, 6) is 0.778. The van der Waals surface area contributed by atoms with Crippen molar-refractivity contribution in [3.8, 4) is 0 Å². The van der Waals surface area contributed by atoms with Crippen LogP contribution in [0.1, 0.15) is 34.1 Å². The predicted molar refractivity (Wildman–Crippen MR) is 48.0 cm³/mol. The molecule has 0 spiro atoms. The minimum Gasteiger partial charge on any atom is -0.0840 e. The van der Waals surface area contributed by atoms with Crippen LogP contribution in [0.4, 0.5) is 0 Å². The second-order valence-corrected chi connectivity index (χ2v) is 2.48. The van der Waals surface area contributed by atoms with Gasteiger partial charge in [0.2, 0.25) is 0 Å². The molecule has 10 heavy (non-hydrogen) atoms. The molecule has 0 saturated carbocycles. The summed E-state index contributed by atoms with van der Waals surface area (Å²) in [6, 6.07) is 0. The van der Waals surface area contributed by atoms with E-state index in [1.165, 1.54) is 12.0 Å². The molecule has 1 unspecified atom stereocenters. The lowest BCUT2D eigenvalue weighted by Crippen LogP contribution is -1.96. The third-order valence-electron chi connectivity index (χ3n) is 1.76. The van der Waals surface area contributed by atoms with Gasteiger partial charge in [-0.05, 0) is 19.3 Å². The van der Waals surface area contributed by atoms with E-state index < -0.39 is 0 Å². The topological polar surface area (TPSA) is 0 Å². The zero-order chi connectivity index (χ0) is 7.98. The Morgan fingerprint density at radius 3 is 2.30 bits per heavy atom. The monoisotopic (exact) mass is 138 g/mol. The van der Waals surface area contributed by atoms with E-state index in [0.29, 0.717) is 0 Å². The molecule has 1 aliphatic rings. The molecule has 0 heterocycles. The molecule has 1 atom stereocenters. The van der Waals surface area contributed by atoms with Crippen LogP contribution >= 0.6 is 0 Å². The first kappa shape index (κ1) is 9.48. The Hall–Kier alpha value is -0.520. The van der Waals surface area contributed by atoms with Crippen molar-refractivity contribution in [2.75, 3.05) is 0 Å². The predicted octanol–water partition coefficient (Wildman–Crippen LogP) is 3.55. The second-order valence-electron chi connectivity index (χ2n) is 2.48. The van der Waals surface area contributed by atoms with E-state index >= 15 is 0 Å². The largest absolute Gasteiger partial charge is 0.0840 e. The molecule has 1 aliphatic carbocycles. The Morgan fingerprint density at radius 1 is 1.40 bits per heavy atom. The Balaban J connectivity index is 0.000000371. The quantitative estimate of drug-likeness (QED) is 0.480. The van der Waals surface area contributed by atoms with Crippen LogP contribution < -0.4 is 0 Å². The molecule has 0 aliphatic heterocycles. The van der Waals surface area contributed by atoms with Crippen LogP contribution in [0.2, 0.25) is 0 Å². The second kappa shape index (κ2) is 5.28. The fraction of sp³-hybridized carbons (Fsp3) is 0.600. The molecule has 58 valence electrons. The highest BCUT2D eigenvalue weighted by Gasteiger charge is 2.02. The van der Waals surface area contributed by atoms with Gasteiger partial charge in [-0.2, -0.15) is 0 Å². The zero-order valence-corrected chi connectivity index (χ0v) is 7.52.